The molecule has 126 valence electrons. The first-order valence-corrected chi connectivity index (χ1v) is 7.49. The second-order valence-electron chi connectivity index (χ2n) is 5.60. The smallest absolute Gasteiger partial charge is 0.416 e. The third kappa shape index (κ3) is 2.67. The highest BCUT2D eigenvalue weighted by molar-refractivity contribution is 5.91. The molecule has 0 spiro atoms. The van der Waals surface area contributed by atoms with Crippen LogP contribution in [0, 0.1) is 0 Å². The molecular weight excluding hydrogens is 331 g/mol. The summed E-state index contributed by atoms with van der Waals surface area (Å²) in [6.45, 7) is 0. The maximum atomic E-state index is 12.9. The van der Waals surface area contributed by atoms with E-state index in [-0.39, 0.29) is 11.5 Å². The summed E-state index contributed by atoms with van der Waals surface area (Å²) in [7, 11) is 1.82. The number of rotatable bonds is 2. The standard InChI is InChI=1S/C18H12F3N3O/c1-24-14-8-3-2-7-13(14)16(23-24)15-10-22-17(25-15)11-5-4-6-12(9-11)18(19,20)21/h2-10H,1H3. The fourth-order valence-electron chi connectivity index (χ4n) is 2.74. The predicted molar refractivity (Wildman–Crippen MR) is 86.6 cm³/mol. The number of hydrogen-bond acceptors (Lipinski definition) is 3. The molecular formula is C18H12F3N3O. The second-order valence-corrected chi connectivity index (χ2v) is 5.60. The van der Waals surface area contributed by atoms with Gasteiger partial charge in [0.25, 0.3) is 0 Å². The van der Waals surface area contributed by atoms with Crippen molar-refractivity contribution < 1.29 is 17.6 Å². The number of nitrogens with zero attached hydrogens (tertiary/aromatic N) is 3. The van der Waals surface area contributed by atoms with Gasteiger partial charge in [0, 0.05) is 18.0 Å². The molecule has 25 heavy (non-hydrogen) atoms. The van der Waals surface area contributed by atoms with E-state index < -0.39 is 11.7 Å². The number of halogens is 3. The fraction of sp³-hybridized carbons (Fsp3) is 0.111. The molecule has 0 amide bonds. The molecule has 0 aliphatic carbocycles. The number of para-hydroxylation sites is 1. The molecule has 0 aliphatic rings. The molecule has 2 aromatic heterocycles. The Hall–Kier alpha value is -3.09. The Morgan fingerprint density at radius 3 is 2.64 bits per heavy atom. The minimum absolute atomic E-state index is 0.121. The van der Waals surface area contributed by atoms with Crippen LogP contribution in [-0.4, -0.2) is 14.8 Å². The van der Waals surface area contributed by atoms with Gasteiger partial charge in [-0.05, 0) is 24.3 Å². The summed E-state index contributed by atoms with van der Waals surface area (Å²) >= 11 is 0. The van der Waals surface area contributed by atoms with Crippen LogP contribution in [0.1, 0.15) is 5.56 Å². The molecule has 0 fully saturated rings. The maximum Gasteiger partial charge on any atom is 0.416 e. The van der Waals surface area contributed by atoms with Crippen LogP contribution in [0.2, 0.25) is 0 Å². The van der Waals surface area contributed by atoms with Crippen molar-refractivity contribution in [3.8, 4) is 22.9 Å². The highest BCUT2D eigenvalue weighted by Crippen LogP contribution is 2.34. The zero-order valence-electron chi connectivity index (χ0n) is 13.1. The molecule has 0 saturated heterocycles. The number of aryl methyl sites for hydroxylation is 1. The lowest BCUT2D eigenvalue weighted by Crippen LogP contribution is -2.04. The Labute approximate surface area is 140 Å². The van der Waals surface area contributed by atoms with Crippen molar-refractivity contribution in [1.29, 1.82) is 0 Å². The van der Waals surface area contributed by atoms with Crippen LogP contribution in [-0.2, 0) is 13.2 Å². The second kappa shape index (κ2) is 5.47. The maximum absolute atomic E-state index is 12.9. The van der Waals surface area contributed by atoms with Crippen molar-refractivity contribution >= 4 is 10.9 Å². The molecule has 0 unspecified atom stereocenters. The van der Waals surface area contributed by atoms with Crippen molar-refractivity contribution in [2.75, 3.05) is 0 Å². The van der Waals surface area contributed by atoms with Crippen LogP contribution in [0.3, 0.4) is 0 Å². The molecule has 0 radical (unpaired) electrons. The predicted octanol–water partition coefficient (Wildman–Crippen LogP) is 4.91. The van der Waals surface area contributed by atoms with Crippen molar-refractivity contribution in [3.63, 3.8) is 0 Å². The van der Waals surface area contributed by atoms with Crippen molar-refractivity contribution in [2.24, 2.45) is 7.05 Å². The van der Waals surface area contributed by atoms with E-state index >= 15 is 0 Å². The minimum atomic E-state index is -4.41. The molecule has 0 bridgehead atoms. The van der Waals surface area contributed by atoms with E-state index in [1.165, 1.54) is 18.3 Å². The SMILES string of the molecule is Cn1nc(-c2cnc(-c3cccc(C(F)(F)F)c3)o2)c2ccccc21. The van der Waals surface area contributed by atoms with Gasteiger partial charge in [0.05, 0.1) is 17.3 Å². The summed E-state index contributed by atoms with van der Waals surface area (Å²) in [5, 5.41) is 5.31. The average Bonchev–Trinajstić information content (AvgIpc) is 3.20. The molecule has 2 heterocycles. The summed E-state index contributed by atoms with van der Waals surface area (Å²) in [5.74, 6) is 0.528. The molecule has 0 aliphatic heterocycles. The highest BCUT2D eigenvalue weighted by atomic mass is 19.4. The Morgan fingerprint density at radius 2 is 1.84 bits per heavy atom. The number of fused-ring (bicyclic) bond motifs is 1. The number of alkyl halides is 3. The number of oxazole rings is 1. The first-order chi connectivity index (χ1) is 11.9. The summed E-state index contributed by atoms with van der Waals surface area (Å²) in [5.41, 5.74) is 1.05. The minimum Gasteiger partial charge on any atom is -0.434 e. The van der Waals surface area contributed by atoms with E-state index in [4.69, 9.17) is 4.42 Å². The molecule has 7 heteroatoms. The lowest BCUT2D eigenvalue weighted by atomic mass is 10.1. The van der Waals surface area contributed by atoms with Gasteiger partial charge >= 0.3 is 6.18 Å². The average molecular weight is 343 g/mol. The largest absolute Gasteiger partial charge is 0.434 e. The monoisotopic (exact) mass is 343 g/mol. The highest BCUT2D eigenvalue weighted by Gasteiger charge is 2.30. The van der Waals surface area contributed by atoms with E-state index in [1.807, 2.05) is 31.3 Å². The Morgan fingerprint density at radius 1 is 1.04 bits per heavy atom. The van der Waals surface area contributed by atoms with E-state index in [0.717, 1.165) is 23.0 Å². The molecule has 4 rings (SSSR count). The van der Waals surface area contributed by atoms with E-state index in [9.17, 15) is 13.2 Å². The van der Waals surface area contributed by atoms with Crippen LogP contribution in [0.15, 0.2) is 59.1 Å². The van der Waals surface area contributed by atoms with Gasteiger partial charge in [0.2, 0.25) is 5.89 Å². The van der Waals surface area contributed by atoms with Gasteiger partial charge in [0.1, 0.15) is 5.69 Å². The lowest BCUT2D eigenvalue weighted by molar-refractivity contribution is -0.137. The molecule has 4 aromatic rings. The topological polar surface area (TPSA) is 43.9 Å². The fourth-order valence-corrected chi connectivity index (χ4v) is 2.74. The molecule has 0 atom stereocenters. The van der Waals surface area contributed by atoms with Gasteiger partial charge in [-0.1, -0.05) is 24.3 Å². The van der Waals surface area contributed by atoms with Gasteiger partial charge in [-0.25, -0.2) is 4.98 Å². The molecule has 0 N–H and O–H groups in total. The first-order valence-electron chi connectivity index (χ1n) is 7.49. The van der Waals surface area contributed by atoms with Crippen molar-refractivity contribution in [1.82, 2.24) is 14.8 Å². The molecule has 0 saturated carbocycles. The van der Waals surface area contributed by atoms with Gasteiger partial charge < -0.3 is 4.42 Å². The summed E-state index contributed by atoms with van der Waals surface area (Å²) in [4.78, 5) is 4.12. The summed E-state index contributed by atoms with van der Waals surface area (Å²) in [6.07, 6.45) is -2.94. The summed E-state index contributed by atoms with van der Waals surface area (Å²) < 4.78 is 46.0. The van der Waals surface area contributed by atoms with Crippen molar-refractivity contribution in [2.45, 2.75) is 6.18 Å². The summed E-state index contributed by atoms with van der Waals surface area (Å²) in [6, 6.07) is 12.5. The number of benzene rings is 2. The van der Waals surface area contributed by atoms with Gasteiger partial charge in [-0.15, -0.1) is 0 Å². The van der Waals surface area contributed by atoms with Gasteiger partial charge in [0.15, 0.2) is 5.76 Å². The Balaban J connectivity index is 1.78. The number of aromatic nitrogens is 3. The third-order valence-electron chi connectivity index (χ3n) is 3.93. The van der Waals surface area contributed by atoms with E-state index in [0.29, 0.717) is 11.5 Å². The van der Waals surface area contributed by atoms with Crippen molar-refractivity contribution in [3.05, 3.63) is 60.3 Å². The van der Waals surface area contributed by atoms with Crippen LogP contribution in [0.4, 0.5) is 13.2 Å². The van der Waals surface area contributed by atoms with Gasteiger partial charge in [-0.2, -0.15) is 18.3 Å². The Kier molecular flexibility index (Phi) is 3.38. The van der Waals surface area contributed by atoms with Crippen LogP contribution in [0.25, 0.3) is 33.8 Å². The molecule has 4 nitrogen and oxygen atoms in total. The van der Waals surface area contributed by atoms with Crippen LogP contribution < -0.4 is 0 Å². The first kappa shape index (κ1) is 15.4. The van der Waals surface area contributed by atoms with E-state index in [1.54, 1.807) is 4.68 Å². The molecule has 2 aromatic carbocycles. The zero-order chi connectivity index (χ0) is 17.6. The lowest BCUT2D eigenvalue weighted by Gasteiger charge is -2.06. The van der Waals surface area contributed by atoms with E-state index in [2.05, 4.69) is 10.1 Å². The normalized spacial score (nSPS) is 12.0. The van der Waals surface area contributed by atoms with Gasteiger partial charge in [-0.3, -0.25) is 4.68 Å². The third-order valence-corrected chi connectivity index (χ3v) is 3.93. The quantitative estimate of drug-likeness (QED) is 0.519. The van der Waals surface area contributed by atoms with Crippen LogP contribution >= 0.6 is 0 Å². The number of hydrogen-bond donors (Lipinski definition) is 0. The van der Waals surface area contributed by atoms with Crippen LogP contribution in [0.5, 0.6) is 0 Å². The zero-order valence-corrected chi connectivity index (χ0v) is 13.1. The Bertz CT molecular complexity index is 1060.